The summed E-state index contributed by atoms with van der Waals surface area (Å²) in [5.41, 5.74) is -0.645. The lowest BCUT2D eigenvalue weighted by Crippen LogP contribution is -2.54. The van der Waals surface area contributed by atoms with Gasteiger partial charge in [0.25, 0.3) is 0 Å². The largest absolute Gasteiger partial charge is 0.481 e. The van der Waals surface area contributed by atoms with Gasteiger partial charge in [0, 0.05) is 13.1 Å². The summed E-state index contributed by atoms with van der Waals surface area (Å²) in [6, 6.07) is -0.725. The van der Waals surface area contributed by atoms with Gasteiger partial charge in [0.2, 0.25) is 5.91 Å². The number of piperidine rings is 1. The van der Waals surface area contributed by atoms with Gasteiger partial charge >= 0.3 is 12.1 Å². The molecule has 0 bridgehead atoms. The topological polar surface area (TPSA) is 95.9 Å². The molecule has 0 radical (unpaired) electrons. The Hall–Kier alpha value is -1.79. The average molecular weight is 328 g/mol. The maximum absolute atomic E-state index is 12.7. The highest BCUT2D eigenvalue weighted by Crippen LogP contribution is 2.19. The van der Waals surface area contributed by atoms with E-state index >= 15 is 0 Å². The van der Waals surface area contributed by atoms with Crippen molar-refractivity contribution in [3.05, 3.63) is 0 Å². The molecule has 0 aliphatic carbocycles. The predicted molar refractivity (Wildman–Crippen MR) is 84.9 cm³/mol. The normalized spacial score (nSPS) is 20.1. The molecule has 0 saturated carbocycles. The predicted octanol–water partition coefficient (Wildman–Crippen LogP) is 1.86. The van der Waals surface area contributed by atoms with Crippen LogP contribution >= 0.6 is 0 Å². The number of alkyl carbamates (subject to hydrolysis) is 1. The Balaban J connectivity index is 2.74. The molecule has 1 fully saturated rings. The summed E-state index contributed by atoms with van der Waals surface area (Å²) in [6.07, 6.45) is 0.585. The number of rotatable bonds is 4. The van der Waals surface area contributed by atoms with E-state index in [1.807, 2.05) is 13.8 Å². The van der Waals surface area contributed by atoms with Gasteiger partial charge in [-0.25, -0.2) is 4.79 Å². The SMILES string of the molecule is CC(C)[C@H](NC(=O)OC(C)(C)C)C(=O)N1CCCC(C(=O)O)C1. The molecule has 0 spiro atoms. The number of carbonyl (C=O) groups excluding carboxylic acids is 2. The molecule has 7 nitrogen and oxygen atoms in total. The first kappa shape index (κ1) is 19.3. The van der Waals surface area contributed by atoms with Gasteiger partial charge in [-0.1, -0.05) is 13.8 Å². The van der Waals surface area contributed by atoms with Gasteiger partial charge in [-0.3, -0.25) is 9.59 Å². The summed E-state index contributed by atoms with van der Waals surface area (Å²) in [5, 5.41) is 11.7. The van der Waals surface area contributed by atoms with Crippen LogP contribution in [0.1, 0.15) is 47.5 Å². The molecule has 2 atom stereocenters. The Bertz CT molecular complexity index is 456. The first-order valence-corrected chi connectivity index (χ1v) is 8.02. The Kier molecular flexibility index (Phi) is 6.41. The van der Waals surface area contributed by atoms with Crippen LogP contribution in [0.25, 0.3) is 0 Å². The molecule has 7 heteroatoms. The third-order valence-corrected chi connectivity index (χ3v) is 3.69. The number of carboxylic acids is 1. The number of amides is 2. The van der Waals surface area contributed by atoms with Crippen LogP contribution in [-0.2, 0) is 14.3 Å². The fourth-order valence-electron chi connectivity index (χ4n) is 2.52. The first-order chi connectivity index (χ1) is 10.5. The van der Waals surface area contributed by atoms with E-state index in [1.54, 1.807) is 20.8 Å². The van der Waals surface area contributed by atoms with Crippen molar-refractivity contribution in [3.8, 4) is 0 Å². The molecule has 1 heterocycles. The standard InChI is InChI=1S/C16H28N2O5/c1-10(2)12(17-15(22)23-16(3,4)5)13(19)18-8-6-7-11(9-18)14(20)21/h10-12H,6-9H2,1-5H3,(H,17,22)(H,20,21)/t11?,12-/m0/s1. The number of nitrogens with zero attached hydrogens (tertiary/aromatic N) is 1. The lowest BCUT2D eigenvalue weighted by Gasteiger charge is -2.35. The van der Waals surface area contributed by atoms with Gasteiger partial charge in [0.05, 0.1) is 5.92 Å². The summed E-state index contributed by atoms with van der Waals surface area (Å²) in [7, 11) is 0. The molecular formula is C16H28N2O5. The van der Waals surface area contributed by atoms with Crippen molar-refractivity contribution in [2.24, 2.45) is 11.8 Å². The van der Waals surface area contributed by atoms with Crippen molar-refractivity contribution in [2.45, 2.75) is 59.1 Å². The molecular weight excluding hydrogens is 300 g/mol. The van der Waals surface area contributed by atoms with Gasteiger partial charge in [-0.15, -0.1) is 0 Å². The zero-order valence-electron chi connectivity index (χ0n) is 14.6. The second-order valence-electron chi connectivity index (χ2n) is 7.33. The first-order valence-electron chi connectivity index (χ1n) is 8.02. The molecule has 1 saturated heterocycles. The van der Waals surface area contributed by atoms with Gasteiger partial charge in [0.15, 0.2) is 0 Å². The molecule has 0 aromatic heterocycles. The van der Waals surface area contributed by atoms with Crippen molar-refractivity contribution >= 4 is 18.0 Å². The van der Waals surface area contributed by atoms with E-state index in [0.29, 0.717) is 19.4 Å². The minimum atomic E-state index is -0.885. The highest BCUT2D eigenvalue weighted by molar-refractivity contribution is 5.86. The molecule has 132 valence electrons. The number of likely N-dealkylation sites (tertiary alicyclic amines) is 1. The summed E-state index contributed by atoms with van der Waals surface area (Å²) in [4.78, 5) is 37.3. The summed E-state index contributed by atoms with van der Waals surface area (Å²) >= 11 is 0. The van der Waals surface area contributed by atoms with Gasteiger partial charge < -0.3 is 20.1 Å². The fourth-order valence-corrected chi connectivity index (χ4v) is 2.52. The van der Waals surface area contributed by atoms with Crippen LogP contribution in [-0.4, -0.2) is 52.7 Å². The van der Waals surface area contributed by atoms with Crippen molar-refractivity contribution in [1.29, 1.82) is 0 Å². The van der Waals surface area contributed by atoms with Crippen LogP contribution in [0.5, 0.6) is 0 Å². The molecule has 1 aliphatic rings. The molecule has 2 N–H and O–H groups in total. The van der Waals surface area contributed by atoms with Crippen LogP contribution in [0.15, 0.2) is 0 Å². The van der Waals surface area contributed by atoms with E-state index in [4.69, 9.17) is 9.84 Å². The Morgan fingerprint density at radius 3 is 2.35 bits per heavy atom. The number of hydrogen-bond donors (Lipinski definition) is 2. The maximum Gasteiger partial charge on any atom is 0.408 e. The van der Waals surface area contributed by atoms with Gasteiger partial charge in [-0.05, 0) is 39.5 Å². The average Bonchev–Trinajstić information content (AvgIpc) is 2.42. The van der Waals surface area contributed by atoms with Crippen molar-refractivity contribution in [2.75, 3.05) is 13.1 Å². The second-order valence-corrected chi connectivity index (χ2v) is 7.33. The molecule has 1 unspecified atom stereocenters. The van der Waals surface area contributed by atoms with Crippen molar-refractivity contribution < 1.29 is 24.2 Å². The number of carbonyl (C=O) groups is 3. The Morgan fingerprint density at radius 2 is 1.87 bits per heavy atom. The maximum atomic E-state index is 12.7. The number of aliphatic carboxylic acids is 1. The summed E-state index contributed by atoms with van der Waals surface area (Å²) < 4.78 is 5.20. The Labute approximate surface area is 137 Å². The zero-order chi connectivity index (χ0) is 17.8. The lowest BCUT2D eigenvalue weighted by atomic mass is 9.96. The van der Waals surface area contributed by atoms with Crippen LogP contribution in [0.4, 0.5) is 4.79 Å². The van der Waals surface area contributed by atoms with E-state index in [-0.39, 0.29) is 18.4 Å². The van der Waals surface area contributed by atoms with Gasteiger partial charge in [-0.2, -0.15) is 0 Å². The molecule has 0 aromatic carbocycles. The van der Waals surface area contributed by atoms with E-state index in [0.717, 1.165) is 0 Å². The van der Waals surface area contributed by atoms with Crippen molar-refractivity contribution in [3.63, 3.8) is 0 Å². The van der Waals surface area contributed by atoms with E-state index in [2.05, 4.69) is 5.32 Å². The third-order valence-electron chi connectivity index (χ3n) is 3.69. The quantitative estimate of drug-likeness (QED) is 0.821. The minimum Gasteiger partial charge on any atom is -0.481 e. The molecule has 1 aliphatic heterocycles. The molecule has 0 aromatic rings. The molecule has 2 amide bonds. The van der Waals surface area contributed by atoms with Crippen LogP contribution in [0.3, 0.4) is 0 Å². The minimum absolute atomic E-state index is 0.125. The lowest BCUT2D eigenvalue weighted by molar-refractivity contribution is -0.146. The second kappa shape index (κ2) is 7.66. The smallest absolute Gasteiger partial charge is 0.408 e. The van der Waals surface area contributed by atoms with Crippen LogP contribution < -0.4 is 5.32 Å². The zero-order valence-corrected chi connectivity index (χ0v) is 14.6. The monoisotopic (exact) mass is 328 g/mol. The number of nitrogens with one attached hydrogen (secondary N) is 1. The molecule has 1 rings (SSSR count). The van der Waals surface area contributed by atoms with Crippen molar-refractivity contribution in [1.82, 2.24) is 10.2 Å². The highest BCUT2D eigenvalue weighted by atomic mass is 16.6. The third kappa shape index (κ3) is 6.08. The number of hydrogen-bond acceptors (Lipinski definition) is 4. The van der Waals surface area contributed by atoms with E-state index < -0.39 is 29.6 Å². The van der Waals surface area contributed by atoms with Crippen LogP contribution in [0.2, 0.25) is 0 Å². The Morgan fingerprint density at radius 1 is 1.26 bits per heavy atom. The summed E-state index contributed by atoms with van der Waals surface area (Å²) in [5.74, 6) is -1.80. The number of carboxylic acid groups (broad SMARTS) is 1. The number of ether oxygens (including phenoxy) is 1. The fraction of sp³-hybridized carbons (Fsp3) is 0.812. The van der Waals surface area contributed by atoms with Gasteiger partial charge in [0.1, 0.15) is 11.6 Å². The summed E-state index contributed by atoms with van der Waals surface area (Å²) in [6.45, 7) is 9.62. The van der Waals surface area contributed by atoms with Crippen LogP contribution in [0, 0.1) is 11.8 Å². The van der Waals surface area contributed by atoms with E-state index in [1.165, 1.54) is 4.90 Å². The highest BCUT2D eigenvalue weighted by Gasteiger charge is 2.34. The van der Waals surface area contributed by atoms with E-state index in [9.17, 15) is 14.4 Å². The molecule has 23 heavy (non-hydrogen) atoms.